The average molecular weight is 230 g/mol. The van der Waals surface area contributed by atoms with Crippen LogP contribution in [0.4, 0.5) is 0 Å². The molecule has 0 aliphatic rings. The standard InChI is InChI=1S/C15H14Cl/c1-12-5-7-13(8-6-12)9-10-14-3-2-4-15(16)11-14/h2-9,11H,10H2,1H3. The van der Waals surface area contributed by atoms with Crippen molar-refractivity contribution < 1.29 is 0 Å². The molecule has 81 valence electrons. The Morgan fingerprint density at radius 3 is 2.50 bits per heavy atom. The summed E-state index contributed by atoms with van der Waals surface area (Å²) in [6.07, 6.45) is 3.13. The van der Waals surface area contributed by atoms with Crippen LogP contribution in [-0.4, -0.2) is 0 Å². The summed E-state index contributed by atoms with van der Waals surface area (Å²) in [7, 11) is 0. The molecule has 0 heterocycles. The van der Waals surface area contributed by atoms with Gasteiger partial charge in [-0.05, 0) is 43.0 Å². The zero-order valence-corrected chi connectivity index (χ0v) is 10.0. The summed E-state index contributed by atoms with van der Waals surface area (Å²) in [4.78, 5) is 0. The van der Waals surface area contributed by atoms with Crippen molar-refractivity contribution in [3.63, 3.8) is 0 Å². The summed E-state index contributed by atoms with van der Waals surface area (Å²) in [5, 5.41) is 0.801. The average Bonchev–Trinajstić information content (AvgIpc) is 2.28. The first-order chi connectivity index (χ1) is 7.74. The highest BCUT2D eigenvalue weighted by molar-refractivity contribution is 6.30. The Morgan fingerprint density at radius 1 is 1.06 bits per heavy atom. The fourth-order valence-corrected chi connectivity index (χ4v) is 1.82. The molecule has 0 unspecified atom stereocenters. The Hall–Kier alpha value is -1.27. The highest BCUT2D eigenvalue weighted by Crippen LogP contribution is 2.14. The van der Waals surface area contributed by atoms with Gasteiger partial charge in [0, 0.05) is 5.02 Å². The highest BCUT2D eigenvalue weighted by Gasteiger charge is 1.97. The van der Waals surface area contributed by atoms with Gasteiger partial charge in [-0.3, -0.25) is 0 Å². The lowest BCUT2D eigenvalue weighted by molar-refractivity contribution is 1.16. The lowest BCUT2D eigenvalue weighted by Crippen LogP contribution is -1.88. The lowest BCUT2D eigenvalue weighted by Gasteiger charge is -2.02. The van der Waals surface area contributed by atoms with Crippen LogP contribution in [0.25, 0.3) is 0 Å². The maximum atomic E-state index is 5.93. The van der Waals surface area contributed by atoms with Gasteiger partial charge in [0.25, 0.3) is 0 Å². The third-order valence-electron chi connectivity index (χ3n) is 2.54. The molecule has 0 aliphatic carbocycles. The zero-order valence-electron chi connectivity index (χ0n) is 9.28. The zero-order chi connectivity index (χ0) is 11.4. The first kappa shape index (κ1) is 11.2. The van der Waals surface area contributed by atoms with Gasteiger partial charge in [0.05, 0.1) is 0 Å². The summed E-state index contributed by atoms with van der Waals surface area (Å²) in [5.41, 5.74) is 3.79. The molecule has 0 aromatic heterocycles. The van der Waals surface area contributed by atoms with Crippen LogP contribution in [0.5, 0.6) is 0 Å². The molecular weight excluding hydrogens is 216 g/mol. The minimum Gasteiger partial charge on any atom is -0.0843 e. The first-order valence-electron chi connectivity index (χ1n) is 5.38. The maximum Gasteiger partial charge on any atom is 0.0408 e. The number of halogens is 1. The van der Waals surface area contributed by atoms with Gasteiger partial charge in [0.1, 0.15) is 0 Å². The van der Waals surface area contributed by atoms with Gasteiger partial charge < -0.3 is 0 Å². The van der Waals surface area contributed by atoms with Gasteiger partial charge in [0.2, 0.25) is 0 Å². The monoisotopic (exact) mass is 229 g/mol. The third-order valence-corrected chi connectivity index (χ3v) is 2.77. The Balaban J connectivity index is 1.99. The minimum absolute atomic E-state index is 0.801. The summed E-state index contributed by atoms with van der Waals surface area (Å²) in [6, 6.07) is 16.5. The van der Waals surface area contributed by atoms with Crippen molar-refractivity contribution in [1.29, 1.82) is 0 Å². The van der Waals surface area contributed by atoms with Gasteiger partial charge in [-0.2, -0.15) is 0 Å². The largest absolute Gasteiger partial charge is 0.0843 e. The maximum absolute atomic E-state index is 5.93. The van der Waals surface area contributed by atoms with Gasteiger partial charge in [-0.25, -0.2) is 0 Å². The first-order valence-corrected chi connectivity index (χ1v) is 5.76. The molecule has 0 fully saturated rings. The van der Waals surface area contributed by atoms with Crippen LogP contribution in [0, 0.1) is 13.3 Å². The third kappa shape index (κ3) is 3.11. The van der Waals surface area contributed by atoms with Crippen LogP contribution in [0.1, 0.15) is 16.7 Å². The Bertz CT molecular complexity index is 457. The van der Waals surface area contributed by atoms with Crippen LogP contribution in [0.2, 0.25) is 5.02 Å². The molecule has 1 radical (unpaired) electrons. The van der Waals surface area contributed by atoms with E-state index >= 15 is 0 Å². The van der Waals surface area contributed by atoms with E-state index in [-0.39, 0.29) is 0 Å². The molecule has 0 atom stereocenters. The molecule has 0 saturated heterocycles. The number of hydrogen-bond acceptors (Lipinski definition) is 0. The van der Waals surface area contributed by atoms with Gasteiger partial charge in [0.15, 0.2) is 0 Å². The summed E-state index contributed by atoms with van der Waals surface area (Å²) in [5.74, 6) is 0. The van der Waals surface area contributed by atoms with Crippen molar-refractivity contribution >= 4 is 11.6 Å². The van der Waals surface area contributed by atoms with Crippen LogP contribution < -0.4 is 0 Å². The van der Waals surface area contributed by atoms with E-state index in [2.05, 4.69) is 43.7 Å². The molecule has 1 heteroatoms. The molecule has 0 nitrogen and oxygen atoms in total. The van der Waals surface area contributed by atoms with Crippen molar-refractivity contribution in [3.8, 4) is 0 Å². The van der Waals surface area contributed by atoms with Crippen molar-refractivity contribution in [2.45, 2.75) is 13.3 Å². The molecule has 16 heavy (non-hydrogen) atoms. The van der Waals surface area contributed by atoms with Crippen molar-refractivity contribution in [1.82, 2.24) is 0 Å². The summed E-state index contributed by atoms with van der Waals surface area (Å²) < 4.78 is 0. The fourth-order valence-electron chi connectivity index (χ4n) is 1.60. The summed E-state index contributed by atoms with van der Waals surface area (Å²) >= 11 is 5.93. The van der Waals surface area contributed by atoms with Gasteiger partial charge >= 0.3 is 0 Å². The van der Waals surface area contributed by atoms with E-state index in [9.17, 15) is 0 Å². The molecule has 0 N–H and O–H groups in total. The van der Waals surface area contributed by atoms with E-state index in [0.717, 1.165) is 11.4 Å². The number of benzene rings is 2. The molecule has 2 aromatic rings. The van der Waals surface area contributed by atoms with Crippen LogP contribution in [-0.2, 0) is 6.42 Å². The van der Waals surface area contributed by atoms with E-state index in [1.165, 1.54) is 16.7 Å². The van der Waals surface area contributed by atoms with Crippen molar-refractivity contribution in [3.05, 3.63) is 76.7 Å². The second kappa shape index (κ2) is 5.18. The normalized spacial score (nSPS) is 10.4. The lowest BCUT2D eigenvalue weighted by atomic mass is 10.0. The predicted octanol–water partition coefficient (Wildman–Crippen LogP) is 4.44. The predicted molar refractivity (Wildman–Crippen MR) is 69.7 cm³/mol. The van der Waals surface area contributed by atoms with E-state index in [4.69, 9.17) is 11.6 Å². The topological polar surface area (TPSA) is 0 Å². The summed E-state index contributed by atoms with van der Waals surface area (Å²) in [6.45, 7) is 2.10. The quantitative estimate of drug-likeness (QED) is 0.730. The van der Waals surface area contributed by atoms with Crippen molar-refractivity contribution in [2.75, 3.05) is 0 Å². The van der Waals surface area contributed by atoms with Crippen molar-refractivity contribution in [2.24, 2.45) is 0 Å². The number of hydrogen-bond donors (Lipinski definition) is 0. The molecular formula is C15H14Cl. The molecule has 0 bridgehead atoms. The molecule has 0 amide bonds. The minimum atomic E-state index is 0.801. The van der Waals surface area contributed by atoms with Crippen LogP contribution in [0.3, 0.4) is 0 Å². The second-order valence-corrected chi connectivity index (χ2v) is 4.39. The highest BCUT2D eigenvalue weighted by atomic mass is 35.5. The smallest absolute Gasteiger partial charge is 0.0408 e. The van der Waals surface area contributed by atoms with Gasteiger partial charge in [-0.15, -0.1) is 0 Å². The van der Waals surface area contributed by atoms with E-state index in [1.54, 1.807) is 0 Å². The fraction of sp³-hybridized carbons (Fsp3) is 0.133. The Kier molecular flexibility index (Phi) is 3.63. The van der Waals surface area contributed by atoms with Gasteiger partial charge in [-0.1, -0.05) is 53.6 Å². The van der Waals surface area contributed by atoms with Crippen LogP contribution in [0.15, 0.2) is 48.5 Å². The SMILES string of the molecule is Cc1ccc([CH]Cc2cccc(Cl)c2)cc1. The molecule has 2 aromatic carbocycles. The molecule has 0 aliphatic heterocycles. The number of rotatable bonds is 3. The molecule has 0 saturated carbocycles. The molecule has 2 rings (SSSR count). The Labute approximate surface area is 102 Å². The Morgan fingerprint density at radius 2 is 1.81 bits per heavy atom. The molecule has 0 spiro atoms. The van der Waals surface area contributed by atoms with E-state index in [1.807, 2.05) is 18.2 Å². The van der Waals surface area contributed by atoms with E-state index < -0.39 is 0 Å². The van der Waals surface area contributed by atoms with E-state index in [0.29, 0.717) is 0 Å². The number of aryl methyl sites for hydroxylation is 1. The second-order valence-electron chi connectivity index (χ2n) is 3.95. The van der Waals surface area contributed by atoms with Crippen LogP contribution >= 0.6 is 11.6 Å².